The van der Waals surface area contributed by atoms with Crippen molar-refractivity contribution in [3.05, 3.63) is 60.7 Å². The van der Waals surface area contributed by atoms with Gasteiger partial charge in [-0.15, -0.1) is 12.6 Å². The molecule has 0 amide bonds. The Morgan fingerprint density at radius 3 is 2.20 bits per heavy atom. The zero-order chi connectivity index (χ0) is 13.9. The second-order valence-electron chi connectivity index (χ2n) is 4.36. The summed E-state index contributed by atoms with van der Waals surface area (Å²) in [7, 11) is 2.10. The standard InChI is InChI=1S/C16H13NS3/c1-17-14(12-8-4-2-5-9-12)15(18)20-16(17)19-13-10-6-3-7-11-13/h2-11H,1H3/p+1. The molecule has 0 fully saturated rings. The summed E-state index contributed by atoms with van der Waals surface area (Å²) in [5, 5.41) is 0. The summed E-state index contributed by atoms with van der Waals surface area (Å²) in [6.07, 6.45) is 0. The summed E-state index contributed by atoms with van der Waals surface area (Å²) >= 11 is 8.15. The van der Waals surface area contributed by atoms with E-state index < -0.39 is 0 Å². The molecule has 0 atom stereocenters. The van der Waals surface area contributed by atoms with Crippen LogP contribution in [0.5, 0.6) is 0 Å². The quantitative estimate of drug-likeness (QED) is 0.543. The van der Waals surface area contributed by atoms with Gasteiger partial charge in [0, 0.05) is 10.5 Å². The molecule has 3 aromatic rings. The maximum Gasteiger partial charge on any atom is 0.303 e. The average molecular weight is 316 g/mol. The van der Waals surface area contributed by atoms with Crippen LogP contribution in [0.2, 0.25) is 0 Å². The third-order valence-electron chi connectivity index (χ3n) is 2.99. The highest BCUT2D eigenvalue weighted by molar-refractivity contribution is 8.01. The van der Waals surface area contributed by atoms with E-state index in [4.69, 9.17) is 0 Å². The van der Waals surface area contributed by atoms with Gasteiger partial charge in [0.25, 0.3) is 0 Å². The summed E-state index contributed by atoms with van der Waals surface area (Å²) in [5.41, 5.74) is 2.38. The molecule has 1 aromatic heterocycles. The van der Waals surface area contributed by atoms with Crippen LogP contribution in [0, 0.1) is 0 Å². The van der Waals surface area contributed by atoms with Crippen LogP contribution in [-0.2, 0) is 7.05 Å². The Kier molecular flexibility index (Phi) is 4.15. The molecule has 0 unspecified atom stereocenters. The molecule has 20 heavy (non-hydrogen) atoms. The molecule has 0 saturated heterocycles. The smallest absolute Gasteiger partial charge is 0.178 e. The lowest BCUT2D eigenvalue weighted by Gasteiger charge is -1.98. The molecule has 0 aliphatic heterocycles. The van der Waals surface area contributed by atoms with Crippen molar-refractivity contribution in [1.29, 1.82) is 0 Å². The van der Waals surface area contributed by atoms with Crippen LogP contribution in [-0.4, -0.2) is 0 Å². The van der Waals surface area contributed by atoms with Crippen LogP contribution in [0.1, 0.15) is 0 Å². The van der Waals surface area contributed by atoms with E-state index >= 15 is 0 Å². The van der Waals surface area contributed by atoms with Gasteiger partial charge >= 0.3 is 4.34 Å². The van der Waals surface area contributed by atoms with E-state index in [0.717, 1.165) is 4.21 Å². The number of hydrogen-bond donors (Lipinski definition) is 1. The number of aromatic nitrogens is 1. The minimum Gasteiger partial charge on any atom is -0.178 e. The van der Waals surface area contributed by atoms with E-state index in [0.29, 0.717) is 0 Å². The first-order valence-electron chi connectivity index (χ1n) is 6.26. The molecule has 0 N–H and O–H groups in total. The van der Waals surface area contributed by atoms with Gasteiger partial charge in [0.1, 0.15) is 11.3 Å². The molecule has 0 bridgehead atoms. The van der Waals surface area contributed by atoms with Crippen LogP contribution < -0.4 is 4.57 Å². The Morgan fingerprint density at radius 1 is 0.950 bits per heavy atom. The van der Waals surface area contributed by atoms with Crippen molar-refractivity contribution in [2.24, 2.45) is 7.05 Å². The summed E-state index contributed by atoms with van der Waals surface area (Å²) in [6, 6.07) is 20.8. The van der Waals surface area contributed by atoms with Crippen molar-refractivity contribution in [1.82, 2.24) is 0 Å². The van der Waals surface area contributed by atoms with E-state index in [1.54, 1.807) is 23.1 Å². The lowest BCUT2D eigenvalue weighted by Crippen LogP contribution is -2.30. The number of hydrogen-bond acceptors (Lipinski definition) is 3. The third-order valence-corrected chi connectivity index (χ3v) is 5.77. The Labute approximate surface area is 132 Å². The van der Waals surface area contributed by atoms with Crippen LogP contribution in [0.3, 0.4) is 0 Å². The van der Waals surface area contributed by atoms with E-state index in [1.165, 1.54) is 20.5 Å². The predicted octanol–water partition coefficient (Wildman–Crippen LogP) is 4.68. The van der Waals surface area contributed by atoms with Crippen LogP contribution >= 0.6 is 35.7 Å². The lowest BCUT2D eigenvalue weighted by atomic mass is 10.2. The van der Waals surface area contributed by atoms with Crippen molar-refractivity contribution in [3.8, 4) is 11.3 Å². The van der Waals surface area contributed by atoms with Crippen molar-refractivity contribution < 1.29 is 4.57 Å². The number of nitrogens with zero attached hydrogens (tertiary/aromatic N) is 1. The van der Waals surface area contributed by atoms with Crippen molar-refractivity contribution in [2.75, 3.05) is 0 Å². The predicted molar refractivity (Wildman–Crippen MR) is 88.7 cm³/mol. The molecule has 100 valence electrons. The molecular formula is C16H14NS3+. The Morgan fingerprint density at radius 2 is 1.55 bits per heavy atom. The maximum absolute atomic E-state index is 4.65. The molecule has 0 radical (unpaired) electrons. The van der Waals surface area contributed by atoms with Crippen LogP contribution in [0.25, 0.3) is 11.3 Å². The van der Waals surface area contributed by atoms with E-state index in [-0.39, 0.29) is 0 Å². The number of thiol groups is 1. The fourth-order valence-corrected chi connectivity index (χ4v) is 4.92. The minimum absolute atomic E-state index is 1.05. The third kappa shape index (κ3) is 2.77. The van der Waals surface area contributed by atoms with Gasteiger partial charge in [-0.1, -0.05) is 36.4 Å². The topological polar surface area (TPSA) is 3.88 Å². The van der Waals surface area contributed by atoms with Gasteiger partial charge in [-0.05, 0) is 47.4 Å². The molecular weight excluding hydrogens is 302 g/mol. The van der Waals surface area contributed by atoms with E-state index in [9.17, 15) is 0 Å². The summed E-state index contributed by atoms with van der Waals surface area (Å²) in [6.45, 7) is 0. The molecule has 1 heterocycles. The first-order chi connectivity index (χ1) is 9.75. The van der Waals surface area contributed by atoms with Crippen molar-refractivity contribution >= 4 is 35.7 Å². The van der Waals surface area contributed by atoms with Crippen LogP contribution in [0.15, 0.2) is 74.1 Å². The lowest BCUT2D eigenvalue weighted by molar-refractivity contribution is -0.692. The van der Waals surface area contributed by atoms with Gasteiger partial charge in [0.15, 0.2) is 0 Å². The Hall–Kier alpha value is -1.23. The highest BCUT2D eigenvalue weighted by atomic mass is 32.2. The van der Waals surface area contributed by atoms with E-state index in [1.807, 2.05) is 12.1 Å². The van der Waals surface area contributed by atoms with Crippen molar-refractivity contribution in [3.63, 3.8) is 0 Å². The second-order valence-corrected chi connectivity index (χ2v) is 7.43. The maximum atomic E-state index is 4.65. The van der Waals surface area contributed by atoms with Gasteiger partial charge in [0.2, 0.25) is 5.69 Å². The van der Waals surface area contributed by atoms with Gasteiger partial charge < -0.3 is 0 Å². The first-order valence-corrected chi connectivity index (χ1v) is 8.34. The Balaban J connectivity index is 1.99. The Bertz CT molecular complexity index is 705. The van der Waals surface area contributed by atoms with E-state index in [2.05, 4.69) is 72.8 Å². The highest BCUT2D eigenvalue weighted by Crippen LogP contribution is 2.36. The molecule has 2 aromatic carbocycles. The average Bonchev–Trinajstić information content (AvgIpc) is 2.75. The minimum atomic E-state index is 1.05. The zero-order valence-corrected chi connectivity index (χ0v) is 13.5. The first kappa shape index (κ1) is 13.7. The monoisotopic (exact) mass is 316 g/mol. The highest BCUT2D eigenvalue weighted by Gasteiger charge is 2.23. The largest absolute Gasteiger partial charge is 0.303 e. The van der Waals surface area contributed by atoms with Gasteiger partial charge in [-0.2, -0.15) is 4.57 Å². The summed E-state index contributed by atoms with van der Waals surface area (Å²) in [5.74, 6) is 0. The van der Waals surface area contributed by atoms with Gasteiger partial charge in [-0.25, -0.2) is 0 Å². The molecule has 0 aliphatic carbocycles. The van der Waals surface area contributed by atoms with Crippen LogP contribution in [0.4, 0.5) is 0 Å². The molecule has 4 heteroatoms. The zero-order valence-electron chi connectivity index (χ0n) is 11.0. The SMILES string of the molecule is C[n+]1c(Sc2ccccc2)sc(S)c1-c1ccccc1. The molecule has 1 nitrogen and oxygen atoms in total. The molecule has 0 spiro atoms. The number of thiazole rings is 1. The number of benzene rings is 2. The van der Waals surface area contributed by atoms with Crippen molar-refractivity contribution in [2.45, 2.75) is 13.4 Å². The normalized spacial score (nSPS) is 10.7. The molecule has 0 saturated carbocycles. The fraction of sp³-hybridized carbons (Fsp3) is 0.0625. The van der Waals surface area contributed by atoms with Gasteiger partial charge in [-0.3, -0.25) is 0 Å². The summed E-state index contributed by atoms with van der Waals surface area (Å²) in [4.78, 5) is 1.25. The second kappa shape index (κ2) is 6.04. The summed E-state index contributed by atoms with van der Waals surface area (Å²) < 4.78 is 4.51. The number of rotatable bonds is 3. The fourth-order valence-electron chi connectivity index (χ4n) is 2.03. The molecule has 0 aliphatic rings. The molecule has 3 rings (SSSR count). The van der Waals surface area contributed by atoms with Gasteiger partial charge in [0.05, 0.1) is 0 Å².